The second-order valence-corrected chi connectivity index (χ2v) is 5.29. The zero-order valence-electron chi connectivity index (χ0n) is 15.0. The Labute approximate surface area is 138 Å². The van der Waals surface area contributed by atoms with E-state index in [1.165, 1.54) is 14.2 Å². The smallest absolute Gasteiger partial charge is 0.258 e. The molecule has 0 fully saturated rings. The van der Waals surface area contributed by atoms with Crippen molar-refractivity contribution in [2.24, 2.45) is 0 Å². The maximum Gasteiger partial charge on any atom is 0.258 e. The van der Waals surface area contributed by atoms with E-state index >= 15 is 0 Å². The third-order valence-electron chi connectivity index (χ3n) is 3.67. The van der Waals surface area contributed by atoms with E-state index in [1.54, 1.807) is 12.0 Å². The molecule has 23 heavy (non-hydrogen) atoms. The van der Waals surface area contributed by atoms with Crippen molar-refractivity contribution in [2.45, 2.75) is 27.2 Å². The average molecular weight is 321 g/mol. The van der Waals surface area contributed by atoms with Crippen molar-refractivity contribution in [2.75, 3.05) is 34.4 Å². The molecule has 1 amide bonds. The lowest BCUT2D eigenvalue weighted by molar-refractivity contribution is 0.0767. The molecule has 1 rings (SSSR count). The van der Waals surface area contributed by atoms with Crippen LogP contribution < -0.4 is 14.2 Å². The standard InChI is InChI=1S/C18H27NO4/c1-8-19(9-2)18(20)15-13(10-12(3)4)11-14(21-5)16(22-6)17(15)23-7/h11H,3,8-10H2,1-2,4-7H3. The van der Waals surface area contributed by atoms with E-state index in [0.29, 0.717) is 42.3 Å². The Morgan fingerprint density at radius 1 is 1.09 bits per heavy atom. The highest BCUT2D eigenvalue weighted by Gasteiger charge is 2.27. The average Bonchev–Trinajstić information content (AvgIpc) is 2.53. The van der Waals surface area contributed by atoms with Crippen LogP contribution in [0.5, 0.6) is 17.2 Å². The Morgan fingerprint density at radius 2 is 1.65 bits per heavy atom. The molecule has 0 saturated heterocycles. The van der Waals surface area contributed by atoms with Crippen LogP contribution in [0, 0.1) is 0 Å². The third kappa shape index (κ3) is 3.97. The molecule has 1 aromatic rings. The molecule has 0 radical (unpaired) electrons. The molecule has 0 aliphatic carbocycles. The number of carbonyl (C=O) groups is 1. The zero-order chi connectivity index (χ0) is 17.6. The first-order chi connectivity index (χ1) is 10.9. The molecule has 0 atom stereocenters. The topological polar surface area (TPSA) is 48.0 Å². The maximum absolute atomic E-state index is 13.0. The molecule has 0 N–H and O–H groups in total. The molecular formula is C18H27NO4. The molecule has 0 aromatic heterocycles. The molecule has 128 valence electrons. The summed E-state index contributed by atoms with van der Waals surface area (Å²) in [6.07, 6.45) is 0.569. The minimum absolute atomic E-state index is 0.0796. The van der Waals surface area contributed by atoms with E-state index in [1.807, 2.05) is 26.8 Å². The summed E-state index contributed by atoms with van der Waals surface area (Å²) in [6.45, 7) is 11.0. The van der Waals surface area contributed by atoms with Crippen LogP contribution in [-0.4, -0.2) is 45.2 Å². The number of nitrogens with zero attached hydrogens (tertiary/aromatic N) is 1. The van der Waals surface area contributed by atoms with E-state index in [0.717, 1.165) is 11.1 Å². The van der Waals surface area contributed by atoms with Crippen molar-refractivity contribution >= 4 is 5.91 Å². The summed E-state index contributed by atoms with van der Waals surface area (Å²) >= 11 is 0. The highest BCUT2D eigenvalue weighted by molar-refractivity contribution is 6.00. The quantitative estimate of drug-likeness (QED) is 0.689. The van der Waals surface area contributed by atoms with Gasteiger partial charge in [-0.15, -0.1) is 0 Å². The van der Waals surface area contributed by atoms with Crippen LogP contribution >= 0.6 is 0 Å². The summed E-state index contributed by atoms with van der Waals surface area (Å²) in [7, 11) is 4.62. The van der Waals surface area contributed by atoms with Crippen LogP contribution in [0.1, 0.15) is 36.7 Å². The van der Waals surface area contributed by atoms with Gasteiger partial charge in [0.05, 0.1) is 26.9 Å². The number of ether oxygens (including phenoxy) is 3. The van der Waals surface area contributed by atoms with Gasteiger partial charge in [-0.1, -0.05) is 12.2 Å². The number of carbonyl (C=O) groups excluding carboxylic acids is 1. The molecule has 1 aromatic carbocycles. The molecule has 0 saturated carbocycles. The van der Waals surface area contributed by atoms with E-state index in [-0.39, 0.29) is 5.91 Å². The van der Waals surface area contributed by atoms with Gasteiger partial charge >= 0.3 is 0 Å². The highest BCUT2D eigenvalue weighted by Crippen LogP contribution is 2.43. The number of methoxy groups -OCH3 is 3. The lowest BCUT2D eigenvalue weighted by atomic mass is 9.97. The summed E-state index contributed by atoms with van der Waals surface area (Å²) in [4.78, 5) is 14.7. The Bertz CT molecular complexity index is 577. The molecule has 0 heterocycles. The molecule has 0 bridgehead atoms. The lowest BCUT2D eigenvalue weighted by Gasteiger charge is -2.24. The van der Waals surface area contributed by atoms with Gasteiger partial charge in [0, 0.05) is 13.1 Å². The second kappa shape index (κ2) is 8.46. The van der Waals surface area contributed by atoms with Gasteiger partial charge in [-0.2, -0.15) is 0 Å². The van der Waals surface area contributed by atoms with Gasteiger partial charge in [-0.3, -0.25) is 4.79 Å². The fourth-order valence-corrected chi connectivity index (χ4v) is 2.57. The number of hydrogen-bond donors (Lipinski definition) is 0. The first kappa shape index (κ1) is 18.9. The fourth-order valence-electron chi connectivity index (χ4n) is 2.57. The molecule has 0 aliphatic rings. The van der Waals surface area contributed by atoms with Gasteiger partial charge in [0.2, 0.25) is 5.75 Å². The van der Waals surface area contributed by atoms with Crippen LogP contribution in [0.15, 0.2) is 18.2 Å². The SMILES string of the molecule is C=C(C)Cc1cc(OC)c(OC)c(OC)c1C(=O)N(CC)CC. The number of rotatable bonds is 8. The van der Waals surface area contributed by atoms with Crippen molar-refractivity contribution in [3.63, 3.8) is 0 Å². The van der Waals surface area contributed by atoms with Crippen molar-refractivity contribution in [1.29, 1.82) is 0 Å². The minimum atomic E-state index is -0.0796. The molecule has 0 unspecified atom stereocenters. The van der Waals surface area contributed by atoms with Gasteiger partial charge in [0.15, 0.2) is 11.5 Å². The van der Waals surface area contributed by atoms with E-state index in [4.69, 9.17) is 14.2 Å². The largest absolute Gasteiger partial charge is 0.493 e. The van der Waals surface area contributed by atoms with E-state index in [2.05, 4.69) is 6.58 Å². The van der Waals surface area contributed by atoms with E-state index in [9.17, 15) is 4.79 Å². The number of amides is 1. The Balaban J connectivity index is 3.66. The van der Waals surface area contributed by atoms with Crippen molar-refractivity contribution in [1.82, 2.24) is 4.90 Å². The van der Waals surface area contributed by atoms with Crippen LogP contribution in [0.2, 0.25) is 0 Å². The van der Waals surface area contributed by atoms with Crippen LogP contribution in [-0.2, 0) is 6.42 Å². The summed E-state index contributed by atoms with van der Waals surface area (Å²) in [5.41, 5.74) is 2.29. The fraction of sp³-hybridized carbons (Fsp3) is 0.500. The highest BCUT2D eigenvalue weighted by atomic mass is 16.5. The summed E-state index contributed by atoms with van der Waals surface area (Å²) in [6, 6.07) is 1.83. The van der Waals surface area contributed by atoms with Crippen LogP contribution in [0.25, 0.3) is 0 Å². The summed E-state index contributed by atoms with van der Waals surface area (Å²) < 4.78 is 16.3. The minimum Gasteiger partial charge on any atom is -0.493 e. The monoisotopic (exact) mass is 321 g/mol. The number of allylic oxidation sites excluding steroid dienone is 1. The van der Waals surface area contributed by atoms with Gasteiger partial charge in [-0.05, 0) is 38.8 Å². The molecule has 5 heteroatoms. The Morgan fingerprint density at radius 3 is 2.04 bits per heavy atom. The zero-order valence-corrected chi connectivity index (χ0v) is 15.0. The Kier molecular flexibility index (Phi) is 6.94. The van der Waals surface area contributed by atoms with Gasteiger partial charge in [-0.25, -0.2) is 0 Å². The lowest BCUT2D eigenvalue weighted by Crippen LogP contribution is -2.31. The van der Waals surface area contributed by atoms with Gasteiger partial charge in [0.1, 0.15) is 0 Å². The number of benzene rings is 1. The predicted molar refractivity (Wildman–Crippen MR) is 91.9 cm³/mol. The Hall–Kier alpha value is -2.17. The normalized spacial score (nSPS) is 10.2. The summed E-state index contributed by atoms with van der Waals surface area (Å²) in [5.74, 6) is 1.29. The first-order valence-corrected chi connectivity index (χ1v) is 7.70. The molecule has 0 aliphatic heterocycles. The van der Waals surface area contributed by atoms with Gasteiger partial charge < -0.3 is 19.1 Å². The maximum atomic E-state index is 13.0. The van der Waals surface area contributed by atoms with Crippen molar-refractivity contribution in [3.8, 4) is 17.2 Å². The second-order valence-electron chi connectivity index (χ2n) is 5.29. The number of hydrogen-bond acceptors (Lipinski definition) is 4. The van der Waals surface area contributed by atoms with Crippen LogP contribution in [0.3, 0.4) is 0 Å². The van der Waals surface area contributed by atoms with Gasteiger partial charge in [0.25, 0.3) is 5.91 Å². The molecule has 5 nitrogen and oxygen atoms in total. The first-order valence-electron chi connectivity index (χ1n) is 7.70. The third-order valence-corrected chi connectivity index (χ3v) is 3.67. The summed E-state index contributed by atoms with van der Waals surface area (Å²) in [5, 5.41) is 0. The van der Waals surface area contributed by atoms with Crippen molar-refractivity contribution in [3.05, 3.63) is 29.3 Å². The van der Waals surface area contributed by atoms with E-state index < -0.39 is 0 Å². The van der Waals surface area contributed by atoms with Crippen LogP contribution in [0.4, 0.5) is 0 Å². The van der Waals surface area contributed by atoms with Crippen molar-refractivity contribution < 1.29 is 19.0 Å². The molecule has 0 spiro atoms. The predicted octanol–water partition coefficient (Wildman–Crippen LogP) is 3.31. The molecular weight excluding hydrogens is 294 g/mol.